The summed E-state index contributed by atoms with van der Waals surface area (Å²) in [5.74, 6) is 0.584. The molecule has 0 aliphatic rings. The summed E-state index contributed by atoms with van der Waals surface area (Å²) in [7, 11) is 0. The predicted octanol–water partition coefficient (Wildman–Crippen LogP) is 3.04. The minimum absolute atomic E-state index is 0.365. The molecule has 0 amide bonds. The van der Waals surface area contributed by atoms with Crippen LogP contribution in [0.2, 0.25) is 0 Å². The lowest BCUT2D eigenvalue weighted by Crippen LogP contribution is -2.11. The third-order valence-electron chi connectivity index (χ3n) is 2.92. The second-order valence-electron chi connectivity index (χ2n) is 4.64. The number of rotatable bonds is 6. The average molecular weight is 286 g/mol. The number of nitrogens with zero attached hydrogens (tertiary/aromatic N) is 1. The van der Waals surface area contributed by atoms with Crippen molar-refractivity contribution in [3.05, 3.63) is 59.3 Å². The summed E-state index contributed by atoms with van der Waals surface area (Å²) in [6, 6.07) is 14.0. The maximum absolute atomic E-state index is 5.67. The first-order chi connectivity index (χ1) is 9.65. The fourth-order valence-corrected chi connectivity index (χ4v) is 2.07. The molecule has 1 heterocycles. The number of hydrogen-bond acceptors (Lipinski definition) is 3. The first-order valence-electron chi connectivity index (χ1n) is 6.60. The summed E-state index contributed by atoms with van der Waals surface area (Å²) in [5, 5.41) is 0. The van der Waals surface area contributed by atoms with Gasteiger partial charge >= 0.3 is 0 Å². The Kier molecular flexibility index (Phi) is 5.07. The normalized spacial score (nSPS) is 10.2. The summed E-state index contributed by atoms with van der Waals surface area (Å²) < 4.78 is 5.67. The molecule has 0 fully saturated rings. The SMILES string of the molecule is Cc1cc(C(N)=S)cc(OCCCc2ccccc2)n1. The Labute approximate surface area is 124 Å². The van der Waals surface area contributed by atoms with Crippen LogP contribution in [0.1, 0.15) is 23.2 Å². The van der Waals surface area contributed by atoms with Crippen LogP contribution in [0, 0.1) is 6.92 Å². The molecular weight excluding hydrogens is 268 g/mol. The highest BCUT2D eigenvalue weighted by molar-refractivity contribution is 7.80. The average Bonchev–Trinajstić information content (AvgIpc) is 2.44. The van der Waals surface area contributed by atoms with E-state index in [4.69, 9.17) is 22.7 Å². The Bertz CT molecular complexity index is 584. The maximum atomic E-state index is 5.67. The van der Waals surface area contributed by atoms with Crippen LogP contribution >= 0.6 is 12.2 Å². The molecule has 2 aromatic rings. The lowest BCUT2D eigenvalue weighted by atomic mass is 10.1. The number of hydrogen-bond donors (Lipinski definition) is 1. The first kappa shape index (κ1) is 14.5. The molecule has 0 spiro atoms. The van der Waals surface area contributed by atoms with Gasteiger partial charge in [-0.1, -0.05) is 42.5 Å². The summed E-state index contributed by atoms with van der Waals surface area (Å²) >= 11 is 4.98. The Hall–Kier alpha value is -1.94. The molecular formula is C16H18N2OS. The van der Waals surface area contributed by atoms with Crippen LogP contribution < -0.4 is 10.5 Å². The van der Waals surface area contributed by atoms with Gasteiger partial charge in [0, 0.05) is 17.3 Å². The standard InChI is InChI=1S/C16H18N2OS/c1-12-10-14(16(17)20)11-15(18-12)19-9-5-8-13-6-3-2-4-7-13/h2-4,6-7,10-11H,5,8-9H2,1H3,(H2,17,20). The van der Waals surface area contributed by atoms with Crippen molar-refractivity contribution in [1.82, 2.24) is 4.98 Å². The molecule has 1 aromatic heterocycles. The molecule has 0 saturated heterocycles. The number of pyridine rings is 1. The molecule has 0 aliphatic heterocycles. The van der Waals surface area contributed by atoms with E-state index in [0.29, 0.717) is 17.5 Å². The van der Waals surface area contributed by atoms with Crippen molar-refractivity contribution in [2.75, 3.05) is 6.61 Å². The van der Waals surface area contributed by atoms with Gasteiger partial charge in [-0.2, -0.15) is 0 Å². The monoisotopic (exact) mass is 286 g/mol. The zero-order chi connectivity index (χ0) is 14.4. The molecule has 4 heteroatoms. The van der Waals surface area contributed by atoms with Crippen LogP contribution in [0.5, 0.6) is 5.88 Å². The Morgan fingerprint density at radius 3 is 2.70 bits per heavy atom. The van der Waals surface area contributed by atoms with Gasteiger partial charge in [0.15, 0.2) is 0 Å². The quantitative estimate of drug-likeness (QED) is 0.655. The van der Waals surface area contributed by atoms with Crippen LogP contribution in [-0.4, -0.2) is 16.6 Å². The number of nitrogens with two attached hydrogens (primary N) is 1. The molecule has 0 radical (unpaired) electrons. The van der Waals surface area contributed by atoms with Crippen LogP contribution in [-0.2, 0) is 6.42 Å². The molecule has 0 atom stereocenters. The topological polar surface area (TPSA) is 48.1 Å². The Morgan fingerprint density at radius 2 is 2.00 bits per heavy atom. The van der Waals surface area contributed by atoms with Crippen LogP contribution in [0.25, 0.3) is 0 Å². The fraction of sp³-hybridized carbons (Fsp3) is 0.250. The van der Waals surface area contributed by atoms with Gasteiger partial charge in [0.2, 0.25) is 5.88 Å². The van der Waals surface area contributed by atoms with Crippen molar-refractivity contribution >= 4 is 17.2 Å². The summed E-state index contributed by atoms with van der Waals surface area (Å²) in [6.07, 6.45) is 1.94. The molecule has 0 saturated carbocycles. The highest BCUT2D eigenvalue weighted by Crippen LogP contribution is 2.13. The summed E-state index contributed by atoms with van der Waals surface area (Å²) in [4.78, 5) is 4.69. The zero-order valence-electron chi connectivity index (χ0n) is 11.5. The first-order valence-corrected chi connectivity index (χ1v) is 7.01. The van der Waals surface area contributed by atoms with Crippen molar-refractivity contribution < 1.29 is 4.74 Å². The van der Waals surface area contributed by atoms with E-state index in [1.807, 2.05) is 31.2 Å². The van der Waals surface area contributed by atoms with E-state index in [0.717, 1.165) is 24.1 Å². The van der Waals surface area contributed by atoms with Crippen molar-refractivity contribution in [3.63, 3.8) is 0 Å². The summed E-state index contributed by atoms with van der Waals surface area (Å²) in [6.45, 7) is 2.53. The van der Waals surface area contributed by atoms with Crippen LogP contribution in [0.15, 0.2) is 42.5 Å². The lowest BCUT2D eigenvalue weighted by Gasteiger charge is -2.08. The molecule has 2 N–H and O–H groups in total. The molecule has 1 aromatic carbocycles. The van der Waals surface area contributed by atoms with Gasteiger partial charge in [-0.05, 0) is 31.4 Å². The highest BCUT2D eigenvalue weighted by atomic mass is 32.1. The number of aromatic nitrogens is 1. The van der Waals surface area contributed by atoms with Crippen LogP contribution in [0.4, 0.5) is 0 Å². The zero-order valence-corrected chi connectivity index (χ0v) is 12.3. The third kappa shape index (κ3) is 4.31. The van der Waals surface area contributed by atoms with Gasteiger partial charge in [-0.25, -0.2) is 4.98 Å². The lowest BCUT2D eigenvalue weighted by molar-refractivity contribution is 0.298. The van der Waals surface area contributed by atoms with Crippen molar-refractivity contribution in [3.8, 4) is 5.88 Å². The van der Waals surface area contributed by atoms with Gasteiger partial charge in [0.1, 0.15) is 4.99 Å². The molecule has 104 valence electrons. The molecule has 2 rings (SSSR count). The largest absolute Gasteiger partial charge is 0.478 e. The fourth-order valence-electron chi connectivity index (χ4n) is 1.95. The van der Waals surface area contributed by atoms with Gasteiger partial charge < -0.3 is 10.5 Å². The van der Waals surface area contributed by atoms with Gasteiger partial charge in [0.05, 0.1) is 6.61 Å². The van der Waals surface area contributed by atoms with E-state index in [2.05, 4.69) is 17.1 Å². The third-order valence-corrected chi connectivity index (χ3v) is 3.15. The van der Waals surface area contributed by atoms with Gasteiger partial charge in [0.25, 0.3) is 0 Å². The van der Waals surface area contributed by atoms with E-state index >= 15 is 0 Å². The van der Waals surface area contributed by atoms with Crippen molar-refractivity contribution in [1.29, 1.82) is 0 Å². The second kappa shape index (κ2) is 7.01. The van der Waals surface area contributed by atoms with E-state index < -0.39 is 0 Å². The number of benzene rings is 1. The number of ether oxygens (including phenoxy) is 1. The van der Waals surface area contributed by atoms with E-state index in [1.165, 1.54) is 5.56 Å². The maximum Gasteiger partial charge on any atom is 0.214 e. The van der Waals surface area contributed by atoms with Crippen LogP contribution in [0.3, 0.4) is 0 Å². The molecule has 0 aliphatic carbocycles. The van der Waals surface area contributed by atoms with E-state index in [1.54, 1.807) is 6.07 Å². The summed E-state index contributed by atoms with van der Waals surface area (Å²) in [5.41, 5.74) is 8.60. The van der Waals surface area contributed by atoms with Crippen molar-refractivity contribution in [2.45, 2.75) is 19.8 Å². The van der Waals surface area contributed by atoms with E-state index in [-0.39, 0.29) is 0 Å². The van der Waals surface area contributed by atoms with Crippen molar-refractivity contribution in [2.24, 2.45) is 5.73 Å². The highest BCUT2D eigenvalue weighted by Gasteiger charge is 2.03. The Morgan fingerprint density at radius 1 is 1.25 bits per heavy atom. The number of aryl methyl sites for hydroxylation is 2. The minimum Gasteiger partial charge on any atom is -0.478 e. The smallest absolute Gasteiger partial charge is 0.214 e. The molecule has 0 bridgehead atoms. The molecule has 0 unspecified atom stereocenters. The van der Waals surface area contributed by atoms with Gasteiger partial charge in [-0.15, -0.1) is 0 Å². The second-order valence-corrected chi connectivity index (χ2v) is 5.08. The van der Waals surface area contributed by atoms with E-state index in [9.17, 15) is 0 Å². The molecule has 20 heavy (non-hydrogen) atoms. The van der Waals surface area contributed by atoms with Gasteiger partial charge in [-0.3, -0.25) is 0 Å². The number of thiocarbonyl (C=S) groups is 1. The molecule has 3 nitrogen and oxygen atoms in total. The minimum atomic E-state index is 0.365. The predicted molar refractivity (Wildman–Crippen MR) is 85.1 cm³/mol. The Balaban J connectivity index is 1.86.